The fourth-order valence-electron chi connectivity index (χ4n) is 2.47. The fraction of sp³-hybridized carbons (Fsp3) is 0.692. The minimum absolute atomic E-state index is 0.118. The first-order valence-corrected chi connectivity index (χ1v) is 7.27. The second kappa shape index (κ2) is 7.16. The van der Waals surface area contributed by atoms with Crippen LogP contribution in [0, 0.1) is 16.0 Å². The molecular formula is C13H21N5O3. The number of nitrogens with zero attached hydrogens (tertiary/aromatic N) is 3. The summed E-state index contributed by atoms with van der Waals surface area (Å²) in [6.45, 7) is 3.18. The Labute approximate surface area is 123 Å². The van der Waals surface area contributed by atoms with Gasteiger partial charge in [-0.15, -0.1) is 0 Å². The number of aromatic nitrogens is 2. The van der Waals surface area contributed by atoms with Crippen LogP contribution < -0.4 is 10.6 Å². The molecule has 0 atom stereocenters. The van der Waals surface area contributed by atoms with E-state index in [4.69, 9.17) is 0 Å². The molecule has 1 aliphatic carbocycles. The molecule has 8 heteroatoms. The first-order chi connectivity index (χ1) is 10.1. The van der Waals surface area contributed by atoms with Crippen molar-refractivity contribution in [2.45, 2.75) is 38.7 Å². The van der Waals surface area contributed by atoms with Gasteiger partial charge in [-0.25, -0.2) is 4.98 Å². The van der Waals surface area contributed by atoms with Gasteiger partial charge in [0.15, 0.2) is 0 Å². The predicted octanol–water partition coefficient (Wildman–Crippen LogP) is 1.78. The van der Waals surface area contributed by atoms with E-state index in [1.807, 2.05) is 6.92 Å². The standard InChI is InChI=1S/C13H21N5O3/c1-2-14-13-16-8-11(18(20)21)12(17-13)15-7-9-3-5-10(19)6-4-9/h8-10,19H,2-7H2,1H3,(H2,14,15,16,17). The maximum absolute atomic E-state index is 11.0. The maximum Gasteiger partial charge on any atom is 0.329 e. The van der Waals surface area contributed by atoms with Crippen LogP contribution in [0.25, 0.3) is 0 Å². The first-order valence-electron chi connectivity index (χ1n) is 7.27. The summed E-state index contributed by atoms with van der Waals surface area (Å²) < 4.78 is 0. The Morgan fingerprint density at radius 1 is 1.38 bits per heavy atom. The van der Waals surface area contributed by atoms with Crippen LogP contribution in [0.1, 0.15) is 32.6 Å². The molecule has 0 aromatic carbocycles. The molecule has 0 saturated heterocycles. The summed E-state index contributed by atoms with van der Waals surface area (Å²) >= 11 is 0. The lowest BCUT2D eigenvalue weighted by Crippen LogP contribution is -2.24. The first kappa shape index (κ1) is 15.4. The van der Waals surface area contributed by atoms with Gasteiger partial charge in [-0.1, -0.05) is 0 Å². The molecule has 1 saturated carbocycles. The van der Waals surface area contributed by atoms with E-state index in [0.717, 1.165) is 25.7 Å². The molecule has 1 fully saturated rings. The van der Waals surface area contributed by atoms with Crippen molar-refractivity contribution in [1.29, 1.82) is 0 Å². The molecule has 1 aliphatic rings. The van der Waals surface area contributed by atoms with E-state index >= 15 is 0 Å². The SMILES string of the molecule is CCNc1ncc([N+](=O)[O-])c(NCC2CCC(O)CC2)n1. The number of anilines is 2. The molecule has 0 bridgehead atoms. The minimum atomic E-state index is -0.483. The molecule has 116 valence electrons. The van der Waals surface area contributed by atoms with Crippen LogP contribution in [-0.2, 0) is 0 Å². The average Bonchev–Trinajstić information content (AvgIpc) is 2.47. The monoisotopic (exact) mass is 295 g/mol. The van der Waals surface area contributed by atoms with E-state index in [1.165, 1.54) is 6.20 Å². The number of hydrogen-bond donors (Lipinski definition) is 3. The summed E-state index contributed by atoms with van der Waals surface area (Å²) in [6.07, 6.45) is 4.45. The number of nitrogens with one attached hydrogen (secondary N) is 2. The van der Waals surface area contributed by atoms with Gasteiger partial charge in [-0.2, -0.15) is 4.98 Å². The van der Waals surface area contributed by atoms with Crippen molar-refractivity contribution < 1.29 is 10.0 Å². The lowest BCUT2D eigenvalue weighted by molar-refractivity contribution is -0.384. The lowest BCUT2D eigenvalue weighted by Gasteiger charge is -2.25. The molecule has 1 heterocycles. The zero-order chi connectivity index (χ0) is 15.2. The highest BCUT2D eigenvalue weighted by Gasteiger charge is 2.22. The van der Waals surface area contributed by atoms with Crippen LogP contribution in [0.2, 0.25) is 0 Å². The van der Waals surface area contributed by atoms with E-state index in [0.29, 0.717) is 25.0 Å². The zero-order valence-corrected chi connectivity index (χ0v) is 12.1. The highest BCUT2D eigenvalue weighted by molar-refractivity contribution is 5.56. The molecule has 0 radical (unpaired) electrons. The number of hydrogen-bond acceptors (Lipinski definition) is 7. The quantitative estimate of drug-likeness (QED) is 0.541. The summed E-state index contributed by atoms with van der Waals surface area (Å²) in [5, 5.41) is 26.5. The Kier molecular flexibility index (Phi) is 5.26. The van der Waals surface area contributed by atoms with Crippen LogP contribution in [-0.4, -0.2) is 39.2 Å². The van der Waals surface area contributed by atoms with Crippen molar-refractivity contribution >= 4 is 17.5 Å². The topological polar surface area (TPSA) is 113 Å². The van der Waals surface area contributed by atoms with Crippen LogP contribution in [0.4, 0.5) is 17.5 Å². The second-order valence-electron chi connectivity index (χ2n) is 5.27. The average molecular weight is 295 g/mol. The predicted molar refractivity (Wildman–Crippen MR) is 79.3 cm³/mol. The van der Waals surface area contributed by atoms with E-state index < -0.39 is 4.92 Å². The van der Waals surface area contributed by atoms with E-state index in [1.54, 1.807) is 0 Å². The highest BCUT2D eigenvalue weighted by Crippen LogP contribution is 2.26. The molecular weight excluding hydrogens is 274 g/mol. The Morgan fingerprint density at radius 3 is 2.71 bits per heavy atom. The van der Waals surface area contributed by atoms with E-state index in [-0.39, 0.29) is 17.6 Å². The summed E-state index contributed by atoms with van der Waals surface area (Å²) in [5.74, 6) is 1.03. The van der Waals surface area contributed by atoms with Crippen molar-refractivity contribution in [3.63, 3.8) is 0 Å². The maximum atomic E-state index is 11.0. The molecule has 3 N–H and O–H groups in total. The van der Waals surface area contributed by atoms with Gasteiger partial charge in [0.1, 0.15) is 6.20 Å². The third-order valence-electron chi connectivity index (χ3n) is 3.68. The Morgan fingerprint density at radius 2 is 2.10 bits per heavy atom. The largest absolute Gasteiger partial charge is 0.393 e. The third-order valence-corrected chi connectivity index (χ3v) is 3.68. The number of aliphatic hydroxyl groups is 1. The summed E-state index contributed by atoms with van der Waals surface area (Å²) in [5.41, 5.74) is -0.118. The molecule has 0 unspecified atom stereocenters. The lowest BCUT2D eigenvalue weighted by atomic mass is 9.87. The van der Waals surface area contributed by atoms with Crippen LogP contribution in [0.15, 0.2) is 6.20 Å². The van der Waals surface area contributed by atoms with Crippen molar-refractivity contribution in [3.05, 3.63) is 16.3 Å². The van der Waals surface area contributed by atoms with Gasteiger partial charge in [0.05, 0.1) is 11.0 Å². The van der Waals surface area contributed by atoms with Crippen LogP contribution in [0.5, 0.6) is 0 Å². The van der Waals surface area contributed by atoms with Crippen LogP contribution in [0.3, 0.4) is 0 Å². The molecule has 8 nitrogen and oxygen atoms in total. The minimum Gasteiger partial charge on any atom is -0.393 e. The third kappa shape index (κ3) is 4.25. The van der Waals surface area contributed by atoms with Gasteiger partial charge in [-0.05, 0) is 38.5 Å². The molecule has 0 aliphatic heterocycles. The molecule has 0 spiro atoms. The van der Waals surface area contributed by atoms with Gasteiger partial charge in [0, 0.05) is 13.1 Å². The van der Waals surface area contributed by atoms with E-state index in [2.05, 4.69) is 20.6 Å². The Balaban J connectivity index is 2.02. The highest BCUT2D eigenvalue weighted by atomic mass is 16.6. The van der Waals surface area contributed by atoms with Gasteiger partial charge >= 0.3 is 5.69 Å². The summed E-state index contributed by atoms with van der Waals surface area (Å²) in [4.78, 5) is 18.6. The summed E-state index contributed by atoms with van der Waals surface area (Å²) in [7, 11) is 0. The normalized spacial score (nSPS) is 21.8. The van der Waals surface area contributed by atoms with Gasteiger partial charge in [-0.3, -0.25) is 10.1 Å². The van der Waals surface area contributed by atoms with Crippen molar-refractivity contribution in [1.82, 2.24) is 9.97 Å². The molecule has 2 rings (SSSR count). The van der Waals surface area contributed by atoms with Gasteiger partial charge in [0.2, 0.25) is 11.8 Å². The molecule has 1 aromatic heterocycles. The van der Waals surface area contributed by atoms with Crippen molar-refractivity contribution in [2.75, 3.05) is 23.7 Å². The van der Waals surface area contributed by atoms with Crippen molar-refractivity contribution in [3.8, 4) is 0 Å². The van der Waals surface area contributed by atoms with Gasteiger partial charge < -0.3 is 15.7 Å². The van der Waals surface area contributed by atoms with E-state index in [9.17, 15) is 15.2 Å². The fourth-order valence-corrected chi connectivity index (χ4v) is 2.47. The molecule has 0 amide bonds. The number of aliphatic hydroxyl groups excluding tert-OH is 1. The summed E-state index contributed by atoms with van der Waals surface area (Å²) in [6, 6.07) is 0. The second-order valence-corrected chi connectivity index (χ2v) is 5.27. The smallest absolute Gasteiger partial charge is 0.329 e. The number of rotatable bonds is 6. The molecule has 21 heavy (non-hydrogen) atoms. The molecule has 1 aromatic rings. The van der Waals surface area contributed by atoms with Gasteiger partial charge in [0.25, 0.3) is 0 Å². The number of nitro groups is 1. The van der Waals surface area contributed by atoms with Crippen LogP contribution >= 0.6 is 0 Å². The Bertz CT molecular complexity index is 489. The Hall–Kier alpha value is -1.96. The van der Waals surface area contributed by atoms with Crippen molar-refractivity contribution in [2.24, 2.45) is 5.92 Å². The zero-order valence-electron chi connectivity index (χ0n) is 12.1.